The van der Waals surface area contributed by atoms with E-state index in [-0.39, 0.29) is 24.7 Å². The lowest BCUT2D eigenvalue weighted by Gasteiger charge is -2.17. The van der Waals surface area contributed by atoms with E-state index in [0.717, 1.165) is 57.8 Å². The smallest absolute Gasteiger partial charge is 0.335 e. The van der Waals surface area contributed by atoms with Crippen molar-refractivity contribution in [3.05, 3.63) is 119 Å². The van der Waals surface area contributed by atoms with Crippen molar-refractivity contribution < 1.29 is 24.2 Å². The molecule has 0 aliphatic rings. The molecule has 1 unspecified atom stereocenters. The van der Waals surface area contributed by atoms with Gasteiger partial charge in [-0.1, -0.05) is 107 Å². The molecule has 0 bridgehead atoms. The number of unbranched alkanes of at least 4 members (excludes halogenated alkanes) is 1. The van der Waals surface area contributed by atoms with Crippen LogP contribution in [0.25, 0.3) is 21.5 Å². The summed E-state index contributed by atoms with van der Waals surface area (Å²) in [6, 6.07) is 25.3. The van der Waals surface area contributed by atoms with Crippen LogP contribution in [0.1, 0.15) is 74.3 Å². The first-order valence-electron chi connectivity index (χ1n) is 17.1. The van der Waals surface area contributed by atoms with Crippen LogP contribution in [0.4, 0.5) is 0 Å². The van der Waals surface area contributed by atoms with Crippen LogP contribution < -0.4 is 0 Å². The molecular formula is C42H50O5. The van der Waals surface area contributed by atoms with Crippen molar-refractivity contribution in [2.75, 3.05) is 19.8 Å². The Morgan fingerprint density at radius 3 is 1.89 bits per heavy atom. The first-order valence-corrected chi connectivity index (χ1v) is 17.1. The maximum absolute atomic E-state index is 12.0. The third-order valence-corrected chi connectivity index (χ3v) is 8.89. The summed E-state index contributed by atoms with van der Waals surface area (Å²) in [5.74, 6) is -1.23. The lowest BCUT2D eigenvalue weighted by molar-refractivity contribution is -0.144. The van der Waals surface area contributed by atoms with Crippen molar-refractivity contribution in [1.82, 2.24) is 0 Å². The summed E-state index contributed by atoms with van der Waals surface area (Å²) in [6.45, 7) is 13.0. The summed E-state index contributed by atoms with van der Waals surface area (Å²) < 4.78 is 10.6. The number of ether oxygens (including phenoxy) is 2. The van der Waals surface area contributed by atoms with E-state index in [1.807, 2.05) is 0 Å². The fourth-order valence-electron chi connectivity index (χ4n) is 6.11. The molecule has 47 heavy (non-hydrogen) atoms. The third kappa shape index (κ3) is 10.1. The average Bonchev–Trinajstić information content (AvgIpc) is 3.09. The quantitative estimate of drug-likeness (QED) is 0.0513. The number of hydrogen-bond donors (Lipinski definition) is 1. The second-order valence-corrected chi connectivity index (χ2v) is 12.7. The van der Waals surface area contributed by atoms with Crippen molar-refractivity contribution in [2.24, 2.45) is 5.92 Å². The molecule has 4 aromatic rings. The van der Waals surface area contributed by atoms with Crippen LogP contribution in [-0.4, -0.2) is 36.9 Å². The SMILES string of the molecule is C=C(C)C(=O)OCC(CCCCc1ccc(CCc2ccc3c(ccc4cc(CCC)ccc43)c2)c(CC)c1)COC(=O)C(=C)CO. The van der Waals surface area contributed by atoms with Crippen LogP contribution in [0.2, 0.25) is 0 Å². The monoisotopic (exact) mass is 634 g/mol. The number of aliphatic hydroxyl groups is 1. The van der Waals surface area contributed by atoms with E-state index in [4.69, 9.17) is 14.6 Å². The van der Waals surface area contributed by atoms with Crippen molar-refractivity contribution in [2.45, 2.75) is 78.6 Å². The number of carbonyl (C=O) groups excluding carboxylic acids is 2. The van der Waals surface area contributed by atoms with Gasteiger partial charge in [0.25, 0.3) is 0 Å². The minimum Gasteiger partial charge on any atom is -0.462 e. The van der Waals surface area contributed by atoms with Gasteiger partial charge < -0.3 is 14.6 Å². The Labute approximate surface area is 280 Å². The van der Waals surface area contributed by atoms with Crippen molar-refractivity contribution in [1.29, 1.82) is 0 Å². The number of carbonyl (C=O) groups is 2. The van der Waals surface area contributed by atoms with E-state index in [0.29, 0.717) is 5.57 Å². The molecule has 0 aliphatic carbocycles. The predicted molar refractivity (Wildman–Crippen MR) is 193 cm³/mol. The predicted octanol–water partition coefficient (Wildman–Crippen LogP) is 8.83. The van der Waals surface area contributed by atoms with Gasteiger partial charge in [0.05, 0.1) is 25.4 Å². The van der Waals surface area contributed by atoms with Crippen molar-refractivity contribution >= 4 is 33.5 Å². The van der Waals surface area contributed by atoms with Crippen LogP contribution in [-0.2, 0) is 51.2 Å². The fraction of sp³-hybridized carbons (Fsp3) is 0.381. The Bertz CT molecular complexity index is 1720. The minimum absolute atomic E-state index is 0.00426. The Kier molecular flexibility index (Phi) is 13.4. The number of aliphatic hydroxyl groups excluding tert-OH is 1. The van der Waals surface area contributed by atoms with Gasteiger partial charge in [0, 0.05) is 11.5 Å². The number of esters is 2. The van der Waals surface area contributed by atoms with Crippen LogP contribution in [0.5, 0.6) is 0 Å². The maximum atomic E-state index is 12.0. The normalized spacial score (nSPS) is 11.8. The molecule has 0 spiro atoms. The Morgan fingerprint density at radius 1 is 0.702 bits per heavy atom. The molecule has 1 N–H and O–H groups in total. The van der Waals surface area contributed by atoms with Gasteiger partial charge in [-0.05, 0) is 101 Å². The fourth-order valence-corrected chi connectivity index (χ4v) is 6.11. The van der Waals surface area contributed by atoms with E-state index in [2.05, 4.69) is 93.7 Å². The molecule has 5 heteroatoms. The van der Waals surface area contributed by atoms with Gasteiger partial charge in [-0.2, -0.15) is 0 Å². The molecule has 0 saturated carbocycles. The van der Waals surface area contributed by atoms with Gasteiger partial charge in [0.2, 0.25) is 0 Å². The van der Waals surface area contributed by atoms with Gasteiger partial charge in [-0.3, -0.25) is 0 Å². The van der Waals surface area contributed by atoms with Crippen LogP contribution in [0.15, 0.2) is 91.0 Å². The zero-order chi connectivity index (χ0) is 33.8. The number of aryl methyl sites for hydroxylation is 5. The third-order valence-electron chi connectivity index (χ3n) is 8.89. The summed E-state index contributed by atoms with van der Waals surface area (Å²) >= 11 is 0. The largest absolute Gasteiger partial charge is 0.462 e. The zero-order valence-corrected chi connectivity index (χ0v) is 28.4. The Balaban J connectivity index is 1.32. The first-order chi connectivity index (χ1) is 22.7. The van der Waals surface area contributed by atoms with Crippen molar-refractivity contribution in [3.63, 3.8) is 0 Å². The standard InChI is InChI=1S/C42H50O5/c1-6-10-31-15-21-39-37(24-31)19-20-38-25-33(16-22-40(38)39)14-18-36-17-13-32(23-35(36)7-2)11-8-9-12-34(27-46-41(44)29(3)4)28-47-42(45)30(5)26-43/h13,15-17,19-25,34,43H,3,5-12,14,18,26-28H2,1-2,4H3. The van der Waals surface area contributed by atoms with Crippen LogP contribution in [0.3, 0.4) is 0 Å². The van der Waals surface area contributed by atoms with Crippen LogP contribution >= 0.6 is 0 Å². The molecule has 1 atom stereocenters. The molecule has 0 amide bonds. The average molecular weight is 635 g/mol. The molecular weight excluding hydrogens is 584 g/mol. The van der Waals surface area contributed by atoms with Gasteiger partial charge in [0.15, 0.2) is 0 Å². The van der Waals surface area contributed by atoms with E-state index in [1.54, 1.807) is 6.92 Å². The molecule has 248 valence electrons. The molecule has 0 aliphatic heterocycles. The highest BCUT2D eigenvalue weighted by atomic mass is 16.5. The lowest BCUT2D eigenvalue weighted by Crippen LogP contribution is -2.22. The summed E-state index contributed by atoms with van der Waals surface area (Å²) in [5.41, 5.74) is 7.23. The molecule has 0 saturated heterocycles. The minimum atomic E-state index is -0.633. The number of hydrogen-bond acceptors (Lipinski definition) is 5. The Morgan fingerprint density at radius 2 is 1.30 bits per heavy atom. The highest BCUT2D eigenvalue weighted by Crippen LogP contribution is 2.28. The van der Waals surface area contributed by atoms with Crippen molar-refractivity contribution in [3.8, 4) is 0 Å². The second kappa shape index (κ2) is 17.6. The number of fused-ring (bicyclic) bond motifs is 3. The molecule has 5 nitrogen and oxygen atoms in total. The molecule has 0 fully saturated rings. The van der Waals surface area contributed by atoms with E-state index in [9.17, 15) is 9.59 Å². The lowest BCUT2D eigenvalue weighted by atomic mass is 9.93. The summed E-state index contributed by atoms with van der Waals surface area (Å²) in [6.07, 6.45) is 8.84. The van der Waals surface area contributed by atoms with E-state index < -0.39 is 18.5 Å². The summed E-state index contributed by atoms with van der Waals surface area (Å²) in [7, 11) is 0. The molecule has 0 aromatic heterocycles. The van der Waals surface area contributed by atoms with Gasteiger partial charge in [0.1, 0.15) is 0 Å². The van der Waals surface area contributed by atoms with E-state index >= 15 is 0 Å². The highest BCUT2D eigenvalue weighted by molar-refractivity contribution is 6.07. The molecule has 4 aromatic carbocycles. The maximum Gasteiger partial charge on any atom is 0.335 e. The Hall–Kier alpha value is -4.22. The first kappa shape index (κ1) is 35.6. The highest BCUT2D eigenvalue weighted by Gasteiger charge is 2.17. The second-order valence-electron chi connectivity index (χ2n) is 12.7. The summed E-state index contributed by atoms with van der Waals surface area (Å²) in [4.78, 5) is 23.9. The van der Waals surface area contributed by atoms with Crippen LogP contribution in [0, 0.1) is 5.92 Å². The molecule has 0 radical (unpaired) electrons. The van der Waals surface area contributed by atoms with Gasteiger partial charge in [-0.15, -0.1) is 0 Å². The van der Waals surface area contributed by atoms with E-state index in [1.165, 1.54) is 49.4 Å². The number of benzene rings is 4. The summed E-state index contributed by atoms with van der Waals surface area (Å²) in [5, 5.41) is 14.4. The molecule has 0 heterocycles. The van der Waals surface area contributed by atoms with Gasteiger partial charge in [-0.25, -0.2) is 9.59 Å². The van der Waals surface area contributed by atoms with Gasteiger partial charge >= 0.3 is 11.9 Å². The zero-order valence-electron chi connectivity index (χ0n) is 28.4. The number of rotatable bonds is 18. The molecule has 4 rings (SSSR count). The topological polar surface area (TPSA) is 72.8 Å².